The molecule has 2 heterocycles. The lowest BCUT2D eigenvalue weighted by molar-refractivity contribution is -0.0263. The highest BCUT2D eigenvalue weighted by atomic mass is 16.5. The Bertz CT molecular complexity index is 457. The van der Waals surface area contributed by atoms with E-state index in [9.17, 15) is 9.59 Å². The summed E-state index contributed by atoms with van der Waals surface area (Å²) < 4.78 is 10.4. The number of carbonyl (C=O) groups is 2. The minimum atomic E-state index is -1.18. The average molecular weight is 253 g/mol. The van der Waals surface area contributed by atoms with Crippen molar-refractivity contribution in [1.29, 1.82) is 0 Å². The molecular weight excluding hydrogens is 238 g/mol. The molecule has 6 nitrogen and oxygen atoms in total. The van der Waals surface area contributed by atoms with Gasteiger partial charge < -0.3 is 19.2 Å². The van der Waals surface area contributed by atoms with Crippen molar-refractivity contribution < 1.29 is 23.8 Å². The Morgan fingerprint density at radius 2 is 1.78 bits per heavy atom. The fraction of sp³-hybridized carbons (Fsp3) is 0.500. The molecule has 1 aliphatic rings. The molecule has 1 N–H and O–H groups in total. The second kappa shape index (κ2) is 4.81. The predicted molar refractivity (Wildman–Crippen MR) is 61.6 cm³/mol. The summed E-state index contributed by atoms with van der Waals surface area (Å²) in [6.07, 6.45) is 0. The lowest BCUT2D eigenvalue weighted by Gasteiger charge is -2.38. The van der Waals surface area contributed by atoms with Crippen LogP contribution in [-0.4, -0.2) is 47.2 Å². The van der Waals surface area contributed by atoms with Crippen LogP contribution in [0.5, 0.6) is 0 Å². The quantitative estimate of drug-likeness (QED) is 0.857. The van der Waals surface area contributed by atoms with Crippen LogP contribution >= 0.6 is 0 Å². The summed E-state index contributed by atoms with van der Waals surface area (Å²) in [5.41, 5.74) is 0. The van der Waals surface area contributed by atoms with Crippen molar-refractivity contribution in [2.24, 2.45) is 0 Å². The smallest absolute Gasteiger partial charge is 0.371 e. The average Bonchev–Trinajstić information content (AvgIpc) is 2.77. The summed E-state index contributed by atoms with van der Waals surface area (Å²) in [6, 6.07) is 2.56. The third-order valence-corrected chi connectivity index (χ3v) is 2.93. The molecule has 1 fully saturated rings. The van der Waals surface area contributed by atoms with E-state index in [0.717, 1.165) is 0 Å². The minimum absolute atomic E-state index is 0.0491. The van der Waals surface area contributed by atoms with E-state index < -0.39 is 5.97 Å². The molecule has 98 valence electrons. The zero-order chi connectivity index (χ0) is 13.3. The standard InChI is InChI=1S/C12H15NO5/c1-7-5-17-6-8(2)13(7)11(14)9-3-4-10(18-9)12(15)16/h3-4,7-8H,5-6H2,1-2H3,(H,15,16)/t7-,8-/m0/s1. The van der Waals surface area contributed by atoms with E-state index in [1.54, 1.807) is 4.90 Å². The summed E-state index contributed by atoms with van der Waals surface area (Å²) >= 11 is 0. The van der Waals surface area contributed by atoms with Gasteiger partial charge in [-0.3, -0.25) is 4.79 Å². The molecule has 0 radical (unpaired) electrons. The molecule has 1 aromatic rings. The molecule has 1 saturated heterocycles. The van der Waals surface area contributed by atoms with Crippen molar-refractivity contribution in [3.8, 4) is 0 Å². The number of nitrogens with zero attached hydrogens (tertiary/aromatic N) is 1. The molecule has 6 heteroatoms. The fourth-order valence-electron chi connectivity index (χ4n) is 2.10. The highest BCUT2D eigenvalue weighted by Gasteiger charge is 2.32. The number of ether oxygens (including phenoxy) is 1. The normalized spacial score (nSPS) is 24.0. The van der Waals surface area contributed by atoms with Gasteiger partial charge in [-0.1, -0.05) is 0 Å². The maximum atomic E-state index is 12.2. The number of carboxylic acid groups (broad SMARTS) is 1. The number of carboxylic acids is 1. The second-order valence-corrected chi connectivity index (χ2v) is 4.42. The number of aromatic carboxylic acids is 1. The fourth-order valence-corrected chi connectivity index (χ4v) is 2.10. The van der Waals surface area contributed by atoms with Gasteiger partial charge in [-0.2, -0.15) is 0 Å². The van der Waals surface area contributed by atoms with Gasteiger partial charge in [0.05, 0.1) is 25.3 Å². The lowest BCUT2D eigenvalue weighted by atomic mass is 10.1. The number of amides is 1. The van der Waals surface area contributed by atoms with Crippen molar-refractivity contribution in [3.05, 3.63) is 23.7 Å². The van der Waals surface area contributed by atoms with Crippen LogP contribution in [0.3, 0.4) is 0 Å². The van der Waals surface area contributed by atoms with Crippen LogP contribution < -0.4 is 0 Å². The Morgan fingerprint density at radius 1 is 1.22 bits per heavy atom. The van der Waals surface area contributed by atoms with Crippen molar-refractivity contribution in [2.75, 3.05) is 13.2 Å². The molecule has 0 unspecified atom stereocenters. The van der Waals surface area contributed by atoms with Gasteiger partial charge in [-0.25, -0.2) is 4.79 Å². The van der Waals surface area contributed by atoms with E-state index in [-0.39, 0.29) is 29.5 Å². The number of morpholine rings is 1. The lowest BCUT2D eigenvalue weighted by Crippen LogP contribution is -2.52. The van der Waals surface area contributed by atoms with Gasteiger partial charge >= 0.3 is 5.97 Å². The topological polar surface area (TPSA) is 80.0 Å². The van der Waals surface area contributed by atoms with E-state index in [1.807, 2.05) is 13.8 Å². The zero-order valence-corrected chi connectivity index (χ0v) is 10.3. The maximum absolute atomic E-state index is 12.2. The van der Waals surface area contributed by atoms with Crippen LogP contribution in [0.2, 0.25) is 0 Å². The molecule has 0 saturated carbocycles. The summed E-state index contributed by atoms with van der Waals surface area (Å²) in [4.78, 5) is 24.6. The van der Waals surface area contributed by atoms with Gasteiger partial charge in [0.1, 0.15) is 0 Å². The number of rotatable bonds is 2. The molecule has 2 rings (SSSR count). The van der Waals surface area contributed by atoms with Crippen molar-refractivity contribution >= 4 is 11.9 Å². The molecular formula is C12H15NO5. The number of furan rings is 1. The van der Waals surface area contributed by atoms with E-state index >= 15 is 0 Å². The van der Waals surface area contributed by atoms with Gasteiger partial charge in [0.25, 0.3) is 5.91 Å². The van der Waals surface area contributed by atoms with Crippen molar-refractivity contribution in [1.82, 2.24) is 4.90 Å². The van der Waals surface area contributed by atoms with Crippen LogP contribution in [0.1, 0.15) is 35.0 Å². The first-order valence-corrected chi connectivity index (χ1v) is 5.74. The van der Waals surface area contributed by atoms with Gasteiger partial charge in [0, 0.05) is 0 Å². The Kier molecular flexibility index (Phi) is 3.38. The minimum Gasteiger partial charge on any atom is -0.475 e. The summed E-state index contributed by atoms with van der Waals surface area (Å²) in [5.74, 6) is -1.66. The first-order valence-electron chi connectivity index (χ1n) is 5.74. The molecule has 0 aromatic carbocycles. The molecule has 0 aliphatic carbocycles. The van der Waals surface area contributed by atoms with E-state index in [2.05, 4.69) is 0 Å². The molecule has 18 heavy (non-hydrogen) atoms. The van der Waals surface area contributed by atoms with Crippen LogP contribution in [0.4, 0.5) is 0 Å². The Hall–Kier alpha value is -1.82. The third kappa shape index (κ3) is 2.24. The molecule has 1 amide bonds. The molecule has 2 atom stereocenters. The first kappa shape index (κ1) is 12.6. The SMILES string of the molecule is C[C@H]1COC[C@H](C)N1C(=O)c1ccc(C(=O)O)o1. The molecule has 0 spiro atoms. The number of carbonyl (C=O) groups excluding carboxylic acids is 1. The third-order valence-electron chi connectivity index (χ3n) is 2.93. The highest BCUT2D eigenvalue weighted by molar-refractivity contribution is 5.94. The molecule has 0 bridgehead atoms. The molecule has 1 aliphatic heterocycles. The first-order chi connectivity index (χ1) is 8.50. The predicted octanol–water partition coefficient (Wildman–Crippen LogP) is 1.23. The van der Waals surface area contributed by atoms with E-state index in [4.69, 9.17) is 14.3 Å². The second-order valence-electron chi connectivity index (χ2n) is 4.42. The monoisotopic (exact) mass is 253 g/mol. The largest absolute Gasteiger partial charge is 0.475 e. The Labute approximate surface area is 104 Å². The Morgan fingerprint density at radius 3 is 2.28 bits per heavy atom. The van der Waals surface area contributed by atoms with Crippen molar-refractivity contribution in [3.63, 3.8) is 0 Å². The van der Waals surface area contributed by atoms with Gasteiger partial charge in [0.2, 0.25) is 5.76 Å². The van der Waals surface area contributed by atoms with Gasteiger partial charge in [-0.05, 0) is 26.0 Å². The van der Waals surface area contributed by atoms with Crippen LogP contribution in [-0.2, 0) is 4.74 Å². The van der Waals surface area contributed by atoms with Crippen molar-refractivity contribution in [2.45, 2.75) is 25.9 Å². The summed E-state index contributed by atoms with van der Waals surface area (Å²) in [7, 11) is 0. The van der Waals surface area contributed by atoms with E-state index in [0.29, 0.717) is 13.2 Å². The van der Waals surface area contributed by atoms with Gasteiger partial charge in [-0.15, -0.1) is 0 Å². The number of hydrogen-bond acceptors (Lipinski definition) is 4. The highest BCUT2D eigenvalue weighted by Crippen LogP contribution is 2.18. The van der Waals surface area contributed by atoms with Crippen LogP contribution in [0, 0.1) is 0 Å². The maximum Gasteiger partial charge on any atom is 0.371 e. The Balaban J connectivity index is 2.21. The van der Waals surface area contributed by atoms with E-state index in [1.165, 1.54) is 12.1 Å². The number of hydrogen-bond donors (Lipinski definition) is 1. The summed E-state index contributed by atoms with van der Waals surface area (Å²) in [6.45, 7) is 4.72. The van der Waals surface area contributed by atoms with Gasteiger partial charge in [0.15, 0.2) is 5.76 Å². The van der Waals surface area contributed by atoms with Crippen LogP contribution in [0.15, 0.2) is 16.5 Å². The summed E-state index contributed by atoms with van der Waals surface area (Å²) in [5, 5.41) is 8.76. The molecule has 1 aromatic heterocycles. The van der Waals surface area contributed by atoms with Crippen LogP contribution in [0.25, 0.3) is 0 Å². The zero-order valence-electron chi connectivity index (χ0n) is 10.3.